The third-order valence-corrected chi connectivity index (χ3v) is 4.72. The number of thioether (sulfide) groups is 1. The van der Waals surface area contributed by atoms with Crippen LogP contribution in [-0.2, 0) is 0 Å². The number of ether oxygens (including phenoxy) is 2. The van der Waals surface area contributed by atoms with Crippen LogP contribution in [0.25, 0.3) is 11.5 Å². The Balaban J connectivity index is 1.49. The van der Waals surface area contributed by atoms with E-state index in [2.05, 4.69) is 22.4 Å². The molecule has 138 valence electrons. The Morgan fingerprint density at radius 1 is 1.11 bits per heavy atom. The standard InChI is InChI=1S/C19H17N3O4S/c1-2-27-14-5-3-4-12(10-14)17(23)20-19-22-21-18(26-19)13-6-7-15-16(11-13)25-9-8-24-15/h3-7,10-11H,2,8-9H2,1H3,(H,20,22,23). The Hall–Kier alpha value is -3.00. The van der Waals surface area contributed by atoms with Gasteiger partial charge in [0.1, 0.15) is 13.2 Å². The predicted octanol–water partition coefficient (Wildman–Crippen LogP) is 3.87. The van der Waals surface area contributed by atoms with Gasteiger partial charge in [0.15, 0.2) is 11.5 Å². The summed E-state index contributed by atoms with van der Waals surface area (Å²) in [5.74, 6) is 2.24. The molecule has 0 aliphatic carbocycles. The second kappa shape index (κ2) is 7.71. The molecule has 3 aromatic rings. The van der Waals surface area contributed by atoms with E-state index in [9.17, 15) is 4.79 Å². The third-order valence-electron chi connectivity index (χ3n) is 3.84. The fourth-order valence-corrected chi connectivity index (χ4v) is 3.35. The molecule has 7 nitrogen and oxygen atoms in total. The largest absolute Gasteiger partial charge is 0.486 e. The molecule has 27 heavy (non-hydrogen) atoms. The van der Waals surface area contributed by atoms with Crippen molar-refractivity contribution in [1.82, 2.24) is 10.2 Å². The van der Waals surface area contributed by atoms with Crippen molar-refractivity contribution in [3.8, 4) is 23.0 Å². The van der Waals surface area contributed by atoms with Crippen LogP contribution in [0.1, 0.15) is 17.3 Å². The van der Waals surface area contributed by atoms with Crippen molar-refractivity contribution >= 4 is 23.7 Å². The van der Waals surface area contributed by atoms with Crippen molar-refractivity contribution in [3.05, 3.63) is 48.0 Å². The number of benzene rings is 2. The summed E-state index contributed by atoms with van der Waals surface area (Å²) in [6.07, 6.45) is 0. The lowest BCUT2D eigenvalue weighted by Gasteiger charge is -2.18. The first-order valence-electron chi connectivity index (χ1n) is 8.50. The molecule has 0 unspecified atom stereocenters. The zero-order valence-electron chi connectivity index (χ0n) is 14.6. The Morgan fingerprint density at radius 2 is 1.96 bits per heavy atom. The second-order valence-corrected chi connectivity index (χ2v) is 7.02. The summed E-state index contributed by atoms with van der Waals surface area (Å²) in [5, 5.41) is 10.5. The minimum absolute atomic E-state index is 0.0402. The van der Waals surface area contributed by atoms with Crippen LogP contribution in [0.5, 0.6) is 11.5 Å². The molecule has 0 spiro atoms. The molecule has 1 aliphatic heterocycles. The van der Waals surface area contributed by atoms with Crippen LogP contribution in [0, 0.1) is 0 Å². The van der Waals surface area contributed by atoms with E-state index in [1.807, 2.05) is 18.2 Å². The normalized spacial score (nSPS) is 12.6. The lowest BCUT2D eigenvalue weighted by molar-refractivity contribution is 0.102. The number of carbonyl (C=O) groups is 1. The molecule has 0 bridgehead atoms. The summed E-state index contributed by atoms with van der Waals surface area (Å²) < 4.78 is 16.6. The number of nitrogens with one attached hydrogen (secondary N) is 1. The number of amides is 1. The minimum Gasteiger partial charge on any atom is -0.486 e. The summed E-state index contributed by atoms with van der Waals surface area (Å²) in [7, 11) is 0. The molecule has 0 radical (unpaired) electrons. The number of fused-ring (bicyclic) bond motifs is 1. The maximum absolute atomic E-state index is 12.4. The maximum Gasteiger partial charge on any atom is 0.322 e. The number of aromatic nitrogens is 2. The van der Waals surface area contributed by atoms with Crippen molar-refractivity contribution in [2.24, 2.45) is 0 Å². The molecule has 1 N–H and O–H groups in total. The van der Waals surface area contributed by atoms with E-state index < -0.39 is 0 Å². The number of anilines is 1. The van der Waals surface area contributed by atoms with E-state index in [0.29, 0.717) is 35.8 Å². The number of hydrogen-bond donors (Lipinski definition) is 1. The molecule has 0 atom stereocenters. The summed E-state index contributed by atoms with van der Waals surface area (Å²) >= 11 is 1.67. The van der Waals surface area contributed by atoms with E-state index in [1.54, 1.807) is 36.0 Å². The highest BCUT2D eigenvalue weighted by Crippen LogP contribution is 2.34. The van der Waals surface area contributed by atoms with Crippen LogP contribution in [0.2, 0.25) is 0 Å². The molecule has 0 saturated carbocycles. The molecule has 0 saturated heterocycles. The summed E-state index contributed by atoms with van der Waals surface area (Å²) in [5.41, 5.74) is 1.22. The lowest BCUT2D eigenvalue weighted by Crippen LogP contribution is -2.15. The molecule has 0 fully saturated rings. The van der Waals surface area contributed by atoms with E-state index in [-0.39, 0.29) is 17.8 Å². The van der Waals surface area contributed by atoms with Gasteiger partial charge in [-0.1, -0.05) is 18.1 Å². The first-order chi connectivity index (χ1) is 13.2. The van der Waals surface area contributed by atoms with Gasteiger partial charge in [-0.25, -0.2) is 0 Å². The Morgan fingerprint density at radius 3 is 2.81 bits per heavy atom. The molecule has 2 heterocycles. The topological polar surface area (TPSA) is 86.5 Å². The third kappa shape index (κ3) is 3.90. The van der Waals surface area contributed by atoms with E-state index in [4.69, 9.17) is 13.9 Å². The van der Waals surface area contributed by atoms with Crippen molar-refractivity contribution in [2.45, 2.75) is 11.8 Å². The molecule has 4 rings (SSSR count). The number of rotatable bonds is 5. The van der Waals surface area contributed by atoms with E-state index in [1.165, 1.54) is 0 Å². The zero-order chi connectivity index (χ0) is 18.6. The highest BCUT2D eigenvalue weighted by atomic mass is 32.2. The fourth-order valence-electron chi connectivity index (χ4n) is 2.63. The van der Waals surface area contributed by atoms with Crippen LogP contribution in [0.15, 0.2) is 51.8 Å². The van der Waals surface area contributed by atoms with Gasteiger partial charge in [0, 0.05) is 16.0 Å². The van der Waals surface area contributed by atoms with Gasteiger partial charge >= 0.3 is 6.01 Å². The van der Waals surface area contributed by atoms with Gasteiger partial charge in [-0.3, -0.25) is 10.1 Å². The second-order valence-electron chi connectivity index (χ2n) is 5.69. The van der Waals surface area contributed by atoms with E-state index in [0.717, 1.165) is 10.6 Å². The van der Waals surface area contributed by atoms with Gasteiger partial charge in [0.2, 0.25) is 5.89 Å². The molecule has 1 amide bonds. The van der Waals surface area contributed by atoms with Gasteiger partial charge < -0.3 is 13.9 Å². The molecule has 1 aromatic heterocycles. The van der Waals surface area contributed by atoms with Crippen molar-refractivity contribution in [3.63, 3.8) is 0 Å². The average molecular weight is 383 g/mol. The smallest absolute Gasteiger partial charge is 0.322 e. The molecule has 1 aliphatic rings. The van der Waals surface area contributed by atoms with Crippen LogP contribution >= 0.6 is 11.8 Å². The summed E-state index contributed by atoms with van der Waals surface area (Å²) in [6, 6.07) is 12.8. The SMILES string of the molecule is CCSc1cccc(C(=O)Nc2nnc(-c3ccc4c(c3)OCCO4)o2)c1. The summed E-state index contributed by atoms with van der Waals surface area (Å²) in [6.45, 7) is 3.09. The monoisotopic (exact) mass is 383 g/mol. The first kappa shape index (κ1) is 17.4. The fraction of sp³-hybridized carbons (Fsp3) is 0.211. The highest BCUT2D eigenvalue weighted by Gasteiger charge is 2.17. The maximum atomic E-state index is 12.4. The molecule has 8 heteroatoms. The Bertz CT molecular complexity index is 973. The van der Waals surface area contributed by atoms with Crippen LogP contribution in [0.3, 0.4) is 0 Å². The number of nitrogens with zero attached hydrogens (tertiary/aromatic N) is 2. The van der Waals surface area contributed by atoms with Crippen LogP contribution in [0.4, 0.5) is 6.01 Å². The molecular weight excluding hydrogens is 366 g/mol. The van der Waals surface area contributed by atoms with Crippen molar-refractivity contribution < 1.29 is 18.7 Å². The van der Waals surface area contributed by atoms with E-state index >= 15 is 0 Å². The van der Waals surface area contributed by atoms with Gasteiger partial charge in [0.25, 0.3) is 5.91 Å². The number of carbonyl (C=O) groups excluding carboxylic acids is 1. The van der Waals surface area contributed by atoms with Crippen molar-refractivity contribution in [1.29, 1.82) is 0 Å². The van der Waals surface area contributed by atoms with Crippen LogP contribution < -0.4 is 14.8 Å². The van der Waals surface area contributed by atoms with Gasteiger partial charge in [-0.15, -0.1) is 16.9 Å². The van der Waals surface area contributed by atoms with Gasteiger partial charge in [-0.2, -0.15) is 0 Å². The van der Waals surface area contributed by atoms with Gasteiger partial charge in [0.05, 0.1) is 0 Å². The minimum atomic E-state index is -0.300. The zero-order valence-corrected chi connectivity index (χ0v) is 15.4. The number of hydrogen-bond acceptors (Lipinski definition) is 7. The quantitative estimate of drug-likeness (QED) is 0.669. The lowest BCUT2D eigenvalue weighted by atomic mass is 10.2. The summed E-state index contributed by atoms with van der Waals surface area (Å²) in [4.78, 5) is 13.5. The highest BCUT2D eigenvalue weighted by molar-refractivity contribution is 7.99. The Kier molecular flexibility index (Phi) is 4.97. The average Bonchev–Trinajstić information content (AvgIpc) is 3.16. The van der Waals surface area contributed by atoms with Gasteiger partial charge in [-0.05, 0) is 42.2 Å². The Labute approximate surface area is 160 Å². The van der Waals surface area contributed by atoms with Crippen molar-refractivity contribution in [2.75, 3.05) is 24.3 Å². The van der Waals surface area contributed by atoms with Crippen LogP contribution in [-0.4, -0.2) is 35.1 Å². The predicted molar refractivity (Wildman–Crippen MR) is 102 cm³/mol. The molecular formula is C19H17N3O4S. The first-order valence-corrected chi connectivity index (χ1v) is 9.49. The molecule has 2 aromatic carbocycles.